The Bertz CT molecular complexity index is 386. The van der Waals surface area contributed by atoms with Crippen molar-refractivity contribution in [3.8, 4) is 0 Å². The fourth-order valence-electron chi connectivity index (χ4n) is 1.15. The molecule has 17 heavy (non-hydrogen) atoms. The molecule has 0 aliphatic rings. The molecule has 0 aliphatic carbocycles. The number of hydrogen-bond acceptors (Lipinski definition) is 2. The fourth-order valence-corrected chi connectivity index (χ4v) is 1.75. The number of anilines is 1. The summed E-state index contributed by atoms with van der Waals surface area (Å²) < 4.78 is 37.8. The van der Waals surface area contributed by atoms with Crippen molar-refractivity contribution in [3.05, 3.63) is 28.2 Å². The normalized spacial score (nSPS) is 13.5. The summed E-state index contributed by atoms with van der Waals surface area (Å²) in [4.78, 5) is 0. The van der Waals surface area contributed by atoms with Crippen LogP contribution >= 0.6 is 27.5 Å². The number of nitrogens with one attached hydrogen (secondary N) is 1. The lowest BCUT2D eigenvalue weighted by Crippen LogP contribution is -2.21. The number of alkyl halides is 4. The summed E-state index contributed by atoms with van der Waals surface area (Å²) in [5, 5.41) is 11.9. The second kappa shape index (κ2) is 5.93. The Morgan fingerprint density at radius 2 is 2.00 bits per heavy atom. The molecule has 2 N–H and O–H groups in total. The van der Waals surface area contributed by atoms with Gasteiger partial charge in [0.1, 0.15) is 0 Å². The zero-order chi connectivity index (χ0) is 13.1. The van der Waals surface area contributed by atoms with Crippen molar-refractivity contribution >= 4 is 33.2 Å². The maximum Gasteiger partial charge on any atom is 0.416 e. The van der Waals surface area contributed by atoms with E-state index in [1.807, 2.05) is 0 Å². The van der Waals surface area contributed by atoms with Crippen molar-refractivity contribution < 1.29 is 18.3 Å². The Labute approximate surface area is 110 Å². The molecule has 96 valence electrons. The molecule has 1 aromatic rings. The van der Waals surface area contributed by atoms with E-state index in [0.29, 0.717) is 4.47 Å². The highest BCUT2D eigenvalue weighted by molar-refractivity contribution is 9.10. The second-order valence-electron chi connectivity index (χ2n) is 3.42. The average Bonchev–Trinajstić information content (AvgIpc) is 2.24. The SMILES string of the molecule is OC(CCl)CNc1cc(Br)cc(C(F)(F)F)c1. The van der Waals surface area contributed by atoms with E-state index in [2.05, 4.69) is 21.2 Å². The van der Waals surface area contributed by atoms with Gasteiger partial charge in [-0.15, -0.1) is 11.6 Å². The summed E-state index contributed by atoms with van der Waals surface area (Å²) >= 11 is 8.38. The van der Waals surface area contributed by atoms with E-state index in [-0.39, 0.29) is 18.1 Å². The van der Waals surface area contributed by atoms with Gasteiger partial charge >= 0.3 is 6.18 Å². The van der Waals surface area contributed by atoms with Crippen LogP contribution in [-0.4, -0.2) is 23.6 Å². The Balaban J connectivity index is 2.83. The molecule has 0 saturated carbocycles. The van der Waals surface area contributed by atoms with E-state index in [1.54, 1.807) is 0 Å². The third-order valence-corrected chi connectivity index (χ3v) is 2.76. The Morgan fingerprint density at radius 3 is 2.53 bits per heavy atom. The highest BCUT2D eigenvalue weighted by Gasteiger charge is 2.31. The Hall–Kier alpha value is -0.460. The van der Waals surface area contributed by atoms with Crippen molar-refractivity contribution in [1.29, 1.82) is 0 Å². The summed E-state index contributed by atoms with van der Waals surface area (Å²) in [7, 11) is 0. The first-order valence-electron chi connectivity index (χ1n) is 4.68. The lowest BCUT2D eigenvalue weighted by Gasteiger charge is -2.13. The minimum Gasteiger partial charge on any atom is -0.390 e. The zero-order valence-corrected chi connectivity index (χ0v) is 10.9. The van der Waals surface area contributed by atoms with Crippen molar-refractivity contribution in [3.63, 3.8) is 0 Å². The van der Waals surface area contributed by atoms with Gasteiger partial charge in [0.15, 0.2) is 0 Å². The maximum absolute atomic E-state index is 12.5. The predicted molar refractivity (Wildman–Crippen MR) is 64.4 cm³/mol. The van der Waals surface area contributed by atoms with E-state index >= 15 is 0 Å². The van der Waals surface area contributed by atoms with E-state index in [0.717, 1.165) is 12.1 Å². The number of aliphatic hydroxyl groups is 1. The quantitative estimate of drug-likeness (QED) is 0.828. The third kappa shape index (κ3) is 4.73. The van der Waals surface area contributed by atoms with Gasteiger partial charge in [-0.3, -0.25) is 0 Å². The number of aliphatic hydroxyl groups excluding tert-OH is 1. The largest absolute Gasteiger partial charge is 0.416 e. The molecule has 7 heteroatoms. The minimum absolute atomic E-state index is 0.0210. The summed E-state index contributed by atoms with van der Waals surface area (Å²) in [5.74, 6) is 0.0210. The van der Waals surface area contributed by atoms with Crippen molar-refractivity contribution in [2.45, 2.75) is 12.3 Å². The monoisotopic (exact) mass is 331 g/mol. The molecule has 0 bridgehead atoms. The molecule has 1 unspecified atom stereocenters. The molecule has 1 rings (SSSR count). The van der Waals surface area contributed by atoms with Gasteiger partial charge in [-0.1, -0.05) is 15.9 Å². The van der Waals surface area contributed by atoms with Gasteiger partial charge in [0.25, 0.3) is 0 Å². The molecule has 1 aromatic carbocycles. The van der Waals surface area contributed by atoms with Crippen molar-refractivity contribution in [2.75, 3.05) is 17.7 Å². The first-order valence-corrected chi connectivity index (χ1v) is 6.01. The Morgan fingerprint density at radius 1 is 1.35 bits per heavy atom. The van der Waals surface area contributed by atoms with Crippen molar-refractivity contribution in [2.24, 2.45) is 0 Å². The maximum atomic E-state index is 12.5. The van der Waals surface area contributed by atoms with E-state index in [9.17, 15) is 18.3 Å². The lowest BCUT2D eigenvalue weighted by atomic mass is 10.2. The molecule has 0 amide bonds. The summed E-state index contributed by atoms with van der Waals surface area (Å²) in [6.07, 6.45) is -5.20. The topological polar surface area (TPSA) is 32.3 Å². The molecular weight excluding hydrogens is 322 g/mol. The number of benzene rings is 1. The summed E-state index contributed by atoms with van der Waals surface area (Å²) in [5.41, 5.74) is -0.481. The van der Waals surface area contributed by atoms with Crippen LogP contribution in [0.3, 0.4) is 0 Å². The van der Waals surface area contributed by atoms with E-state index < -0.39 is 17.8 Å². The van der Waals surface area contributed by atoms with Crippen LogP contribution in [-0.2, 0) is 6.18 Å². The van der Waals surface area contributed by atoms with E-state index in [1.165, 1.54) is 6.07 Å². The fraction of sp³-hybridized carbons (Fsp3) is 0.400. The molecule has 0 aliphatic heterocycles. The van der Waals surface area contributed by atoms with Crippen LogP contribution in [0.5, 0.6) is 0 Å². The van der Waals surface area contributed by atoms with Gasteiger partial charge in [0, 0.05) is 16.7 Å². The smallest absolute Gasteiger partial charge is 0.390 e. The highest BCUT2D eigenvalue weighted by Crippen LogP contribution is 2.33. The number of hydrogen-bond donors (Lipinski definition) is 2. The van der Waals surface area contributed by atoms with Gasteiger partial charge < -0.3 is 10.4 Å². The number of halogens is 5. The Kier molecular flexibility index (Phi) is 5.09. The molecule has 1 atom stereocenters. The molecular formula is C10H10BrClF3NO. The van der Waals surface area contributed by atoms with Crippen LogP contribution in [0.15, 0.2) is 22.7 Å². The molecule has 0 heterocycles. The van der Waals surface area contributed by atoms with Crippen molar-refractivity contribution in [1.82, 2.24) is 0 Å². The van der Waals surface area contributed by atoms with Gasteiger partial charge in [0.2, 0.25) is 0 Å². The highest BCUT2D eigenvalue weighted by atomic mass is 79.9. The third-order valence-electron chi connectivity index (χ3n) is 1.95. The molecule has 0 spiro atoms. The molecule has 0 aromatic heterocycles. The zero-order valence-electron chi connectivity index (χ0n) is 8.56. The van der Waals surface area contributed by atoms with Crippen LogP contribution in [0.4, 0.5) is 18.9 Å². The standard InChI is InChI=1S/C10H10BrClF3NO/c11-7-1-6(10(13,14)15)2-8(3-7)16-5-9(17)4-12/h1-3,9,16-17H,4-5H2. The molecule has 0 saturated heterocycles. The minimum atomic E-state index is -4.40. The van der Waals surface area contributed by atoms with Gasteiger partial charge in [0.05, 0.1) is 17.5 Å². The first-order chi connectivity index (χ1) is 7.82. The van der Waals surface area contributed by atoms with Crippen LogP contribution in [0.2, 0.25) is 0 Å². The van der Waals surface area contributed by atoms with Crippen LogP contribution in [0.1, 0.15) is 5.56 Å². The summed E-state index contributed by atoms with van der Waals surface area (Å²) in [6, 6.07) is 3.46. The van der Waals surface area contributed by atoms with Gasteiger partial charge in [-0.25, -0.2) is 0 Å². The van der Waals surface area contributed by atoms with Gasteiger partial charge in [-0.2, -0.15) is 13.2 Å². The van der Waals surface area contributed by atoms with Crippen LogP contribution in [0, 0.1) is 0 Å². The van der Waals surface area contributed by atoms with Crippen LogP contribution in [0.25, 0.3) is 0 Å². The van der Waals surface area contributed by atoms with Gasteiger partial charge in [-0.05, 0) is 18.2 Å². The molecule has 0 radical (unpaired) electrons. The number of rotatable bonds is 4. The average molecular weight is 333 g/mol. The first kappa shape index (κ1) is 14.6. The second-order valence-corrected chi connectivity index (χ2v) is 4.64. The molecule has 2 nitrogen and oxygen atoms in total. The predicted octanol–water partition coefficient (Wildman–Crippen LogP) is 3.48. The van der Waals surface area contributed by atoms with Crippen LogP contribution < -0.4 is 5.32 Å². The lowest BCUT2D eigenvalue weighted by molar-refractivity contribution is -0.137. The van der Waals surface area contributed by atoms with E-state index in [4.69, 9.17) is 11.6 Å². The molecule has 0 fully saturated rings. The summed E-state index contributed by atoms with van der Waals surface area (Å²) in [6.45, 7) is 0.0945.